The molecule has 2 heterocycles. The molecule has 1 unspecified atom stereocenters. The second-order valence-corrected chi connectivity index (χ2v) is 5.86. The van der Waals surface area contributed by atoms with Crippen molar-refractivity contribution in [3.63, 3.8) is 0 Å². The average Bonchev–Trinajstić information content (AvgIpc) is 3.00. The van der Waals surface area contributed by atoms with E-state index in [1.165, 1.54) is 38.0 Å². The number of nitrogens with zero attached hydrogens (tertiary/aromatic N) is 3. The lowest BCUT2D eigenvalue weighted by atomic mass is 10.2. The van der Waals surface area contributed by atoms with Crippen molar-refractivity contribution >= 4 is 5.69 Å². The number of likely N-dealkylation sites (tertiary alicyclic amines) is 1. The van der Waals surface area contributed by atoms with Crippen LogP contribution in [0.1, 0.15) is 19.3 Å². The van der Waals surface area contributed by atoms with Crippen LogP contribution in [0, 0.1) is 0 Å². The van der Waals surface area contributed by atoms with Crippen LogP contribution in [0.5, 0.6) is 0 Å². The molecule has 1 N–H and O–H groups in total. The maximum atomic E-state index is 4.28. The molecular weight excluding hydrogens is 248 g/mol. The summed E-state index contributed by atoms with van der Waals surface area (Å²) in [5, 5.41) is 7.96. The van der Waals surface area contributed by atoms with Gasteiger partial charge in [0.05, 0.1) is 5.69 Å². The molecular formula is C16H20N4. The molecule has 1 aromatic heterocycles. The monoisotopic (exact) mass is 268 g/mol. The first-order chi connectivity index (χ1) is 9.88. The molecule has 4 rings (SSSR count). The van der Waals surface area contributed by atoms with Gasteiger partial charge in [-0.05, 0) is 43.5 Å². The van der Waals surface area contributed by atoms with Crippen LogP contribution in [0.2, 0.25) is 0 Å². The van der Waals surface area contributed by atoms with Crippen molar-refractivity contribution in [2.45, 2.75) is 31.3 Å². The fourth-order valence-corrected chi connectivity index (χ4v) is 3.07. The predicted molar refractivity (Wildman–Crippen MR) is 80.2 cm³/mol. The Labute approximate surface area is 119 Å². The standard InChI is InChI=1S/C16H20N4/c1-3-13(11-16(4-1)20-9-2-8-17-20)18-14-7-10-19(12-14)15-5-6-15/h1-4,8-9,11,14-15,18H,5-7,10,12H2. The van der Waals surface area contributed by atoms with E-state index in [4.69, 9.17) is 0 Å². The van der Waals surface area contributed by atoms with Crippen LogP contribution >= 0.6 is 0 Å². The van der Waals surface area contributed by atoms with Crippen molar-refractivity contribution in [1.29, 1.82) is 0 Å². The van der Waals surface area contributed by atoms with Crippen LogP contribution < -0.4 is 5.32 Å². The van der Waals surface area contributed by atoms with Gasteiger partial charge in [0.2, 0.25) is 0 Å². The molecule has 1 saturated carbocycles. The van der Waals surface area contributed by atoms with Crippen molar-refractivity contribution in [2.24, 2.45) is 0 Å². The molecule has 0 spiro atoms. The Morgan fingerprint density at radius 3 is 2.90 bits per heavy atom. The Kier molecular flexibility index (Phi) is 2.96. The fourth-order valence-electron chi connectivity index (χ4n) is 3.07. The third-order valence-corrected chi connectivity index (χ3v) is 4.27. The molecule has 1 aliphatic heterocycles. The highest BCUT2D eigenvalue weighted by Crippen LogP contribution is 2.30. The number of nitrogens with one attached hydrogen (secondary N) is 1. The molecule has 1 saturated heterocycles. The molecule has 0 radical (unpaired) electrons. The number of aromatic nitrogens is 2. The summed E-state index contributed by atoms with van der Waals surface area (Å²) in [7, 11) is 0. The van der Waals surface area contributed by atoms with Crippen LogP contribution in [0.4, 0.5) is 5.69 Å². The summed E-state index contributed by atoms with van der Waals surface area (Å²) in [5.41, 5.74) is 2.30. The first-order valence-corrected chi connectivity index (χ1v) is 7.49. The van der Waals surface area contributed by atoms with Gasteiger partial charge in [0.1, 0.15) is 0 Å². The molecule has 1 aromatic carbocycles. The smallest absolute Gasteiger partial charge is 0.0666 e. The minimum atomic E-state index is 0.587. The van der Waals surface area contributed by atoms with Gasteiger partial charge in [-0.25, -0.2) is 4.68 Å². The zero-order chi connectivity index (χ0) is 13.4. The molecule has 4 heteroatoms. The van der Waals surface area contributed by atoms with Crippen molar-refractivity contribution in [1.82, 2.24) is 14.7 Å². The summed E-state index contributed by atoms with van der Waals surface area (Å²) in [5.74, 6) is 0. The summed E-state index contributed by atoms with van der Waals surface area (Å²) >= 11 is 0. The van der Waals surface area contributed by atoms with E-state index in [1.807, 2.05) is 23.1 Å². The largest absolute Gasteiger partial charge is 0.381 e. The molecule has 1 aliphatic carbocycles. The number of benzene rings is 1. The first-order valence-electron chi connectivity index (χ1n) is 7.49. The maximum absolute atomic E-state index is 4.28. The van der Waals surface area contributed by atoms with E-state index in [0.717, 1.165) is 11.7 Å². The van der Waals surface area contributed by atoms with Gasteiger partial charge in [0.15, 0.2) is 0 Å². The zero-order valence-electron chi connectivity index (χ0n) is 11.6. The molecule has 2 fully saturated rings. The third-order valence-electron chi connectivity index (χ3n) is 4.27. The van der Waals surface area contributed by atoms with E-state index in [9.17, 15) is 0 Å². The SMILES string of the molecule is c1cc(NC2CCN(C3CC3)C2)cc(-n2cccn2)c1. The Morgan fingerprint density at radius 1 is 1.15 bits per heavy atom. The topological polar surface area (TPSA) is 33.1 Å². The second-order valence-electron chi connectivity index (χ2n) is 5.86. The van der Waals surface area contributed by atoms with Gasteiger partial charge in [0, 0.05) is 43.3 Å². The molecule has 20 heavy (non-hydrogen) atoms. The highest BCUT2D eigenvalue weighted by Gasteiger charge is 2.34. The Hall–Kier alpha value is -1.81. The summed E-state index contributed by atoms with van der Waals surface area (Å²) < 4.78 is 1.90. The normalized spacial score (nSPS) is 23.1. The molecule has 0 bridgehead atoms. The lowest BCUT2D eigenvalue weighted by Gasteiger charge is -2.17. The van der Waals surface area contributed by atoms with Gasteiger partial charge in [-0.1, -0.05) is 6.07 Å². The van der Waals surface area contributed by atoms with Crippen LogP contribution in [-0.2, 0) is 0 Å². The van der Waals surface area contributed by atoms with E-state index in [-0.39, 0.29) is 0 Å². The minimum Gasteiger partial charge on any atom is -0.381 e. The van der Waals surface area contributed by atoms with Gasteiger partial charge in [-0.2, -0.15) is 5.10 Å². The molecule has 1 atom stereocenters. The van der Waals surface area contributed by atoms with Gasteiger partial charge in [0.25, 0.3) is 0 Å². The Balaban J connectivity index is 1.45. The van der Waals surface area contributed by atoms with E-state index in [1.54, 1.807) is 0 Å². The van der Waals surface area contributed by atoms with Crippen molar-refractivity contribution in [3.8, 4) is 5.69 Å². The number of anilines is 1. The molecule has 2 aromatic rings. The number of rotatable bonds is 4. The third kappa shape index (κ3) is 2.43. The molecule has 4 nitrogen and oxygen atoms in total. The van der Waals surface area contributed by atoms with Crippen molar-refractivity contribution in [2.75, 3.05) is 18.4 Å². The van der Waals surface area contributed by atoms with Crippen LogP contribution in [0.15, 0.2) is 42.7 Å². The first kappa shape index (κ1) is 12.0. The number of hydrogen-bond acceptors (Lipinski definition) is 3. The van der Waals surface area contributed by atoms with E-state index >= 15 is 0 Å². The molecule has 2 aliphatic rings. The highest BCUT2D eigenvalue weighted by molar-refractivity contribution is 5.51. The molecule has 104 valence electrons. The zero-order valence-corrected chi connectivity index (χ0v) is 11.6. The quantitative estimate of drug-likeness (QED) is 0.925. The van der Waals surface area contributed by atoms with Crippen LogP contribution in [0.3, 0.4) is 0 Å². The maximum Gasteiger partial charge on any atom is 0.0666 e. The van der Waals surface area contributed by atoms with E-state index in [0.29, 0.717) is 6.04 Å². The summed E-state index contributed by atoms with van der Waals surface area (Å²) in [6, 6.07) is 11.9. The minimum absolute atomic E-state index is 0.587. The van der Waals surface area contributed by atoms with E-state index < -0.39 is 0 Å². The fraction of sp³-hybridized carbons (Fsp3) is 0.438. The van der Waals surface area contributed by atoms with Crippen molar-refractivity contribution < 1.29 is 0 Å². The van der Waals surface area contributed by atoms with Gasteiger partial charge in [-0.15, -0.1) is 0 Å². The highest BCUT2D eigenvalue weighted by atomic mass is 15.3. The lowest BCUT2D eigenvalue weighted by molar-refractivity contribution is 0.326. The Morgan fingerprint density at radius 2 is 2.10 bits per heavy atom. The lowest BCUT2D eigenvalue weighted by Crippen LogP contribution is -2.27. The van der Waals surface area contributed by atoms with Gasteiger partial charge >= 0.3 is 0 Å². The Bertz CT molecular complexity index is 574. The summed E-state index contributed by atoms with van der Waals surface area (Å²) in [6.07, 6.45) is 7.85. The number of hydrogen-bond donors (Lipinski definition) is 1. The molecule has 0 amide bonds. The summed E-state index contributed by atoms with van der Waals surface area (Å²) in [6.45, 7) is 2.44. The van der Waals surface area contributed by atoms with Gasteiger partial charge in [-0.3, -0.25) is 4.90 Å². The summed E-state index contributed by atoms with van der Waals surface area (Å²) in [4.78, 5) is 2.63. The second kappa shape index (κ2) is 4.94. The van der Waals surface area contributed by atoms with E-state index in [2.05, 4.69) is 39.6 Å². The van der Waals surface area contributed by atoms with Crippen molar-refractivity contribution in [3.05, 3.63) is 42.7 Å². The van der Waals surface area contributed by atoms with Gasteiger partial charge < -0.3 is 5.32 Å². The predicted octanol–water partition coefficient (Wildman–Crippen LogP) is 2.52. The van der Waals surface area contributed by atoms with Crippen LogP contribution in [-0.4, -0.2) is 39.9 Å². The average molecular weight is 268 g/mol. The van der Waals surface area contributed by atoms with Crippen LogP contribution in [0.25, 0.3) is 5.69 Å².